The lowest BCUT2D eigenvalue weighted by molar-refractivity contribution is 0.303. The smallest absolute Gasteiger partial charge is 0.125 e. The Balaban J connectivity index is 2.57. The molecule has 4 heteroatoms. The Kier molecular flexibility index (Phi) is 6.03. The molecule has 3 nitrogen and oxygen atoms in total. The van der Waals surface area contributed by atoms with E-state index in [1.54, 1.807) is 0 Å². The predicted octanol–water partition coefficient (Wildman–Crippen LogP) is 3.54. The van der Waals surface area contributed by atoms with Gasteiger partial charge in [0, 0.05) is 22.5 Å². The van der Waals surface area contributed by atoms with Crippen LogP contribution >= 0.6 is 15.9 Å². The molecule has 0 spiro atoms. The maximum atomic E-state index is 8.42. The zero-order chi connectivity index (χ0) is 12.7. The second kappa shape index (κ2) is 7.31. The van der Waals surface area contributed by atoms with Crippen molar-refractivity contribution in [2.45, 2.75) is 32.2 Å². The molecule has 0 saturated carbocycles. The van der Waals surface area contributed by atoms with Gasteiger partial charge < -0.3 is 10.5 Å². The second-order valence-electron chi connectivity index (χ2n) is 3.93. The van der Waals surface area contributed by atoms with Crippen LogP contribution in [0.5, 0.6) is 5.75 Å². The maximum Gasteiger partial charge on any atom is 0.125 e. The van der Waals surface area contributed by atoms with E-state index in [0.717, 1.165) is 28.6 Å². The van der Waals surface area contributed by atoms with Crippen molar-refractivity contribution in [1.82, 2.24) is 0 Å². The number of hydrogen-bond acceptors (Lipinski definition) is 3. The third-order valence-corrected chi connectivity index (χ3v) is 2.90. The Bertz CT molecular complexity index is 399. The Morgan fingerprint density at radius 2 is 2.24 bits per heavy atom. The van der Waals surface area contributed by atoms with Gasteiger partial charge in [0.2, 0.25) is 0 Å². The van der Waals surface area contributed by atoms with E-state index < -0.39 is 0 Å². The summed E-state index contributed by atoms with van der Waals surface area (Å²) in [7, 11) is 0. The van der Waals surface area contributed by atoms with Gasteiger partial charge in [-0.15, -0.1) is 0 Å². The van der Waals surface area contributed by atoms with E-state index in [2.05, 4.69) is 22.0 Å². The summed E-state index contributed by atoms with van der Waals surface area (Å²) in [4.78, 5) is 0. The first-order chi connectivity index (χ1) is 8.15. The fraction of sp³-hybridized carbons (Fsp3) is 0.462. The molecule has 1 atom stereocenters. The summed E-state index contributed by atoms with van der Waals surface area (Å²) >= 11 is 3.42. The summed E-state index contributed by atoms with van der Waals surface area (Å²) in [5, 5.41) is 8.42. The summed E-state index contributed by atoms with van der Waals surface area (Å²) in [6.45, 7) is 2.56. The van der Waals surface area contributed by atoms with Crippen LogP contribution < -0.4 is 10.5 Å². The number of unbranched alkanes of at least 4 members (excludes halogenated alkanes) is 2. The van der Waals surface area contributed by atoms with Crippen LogP contribution in [0.1, 0.15) is 37.8 Å². The number of nitrogens with zero attached hydrogens (tertiary/aromatic N) is 1. The van der Waals surface area contributed by atoms with Gasteiger partial charge in [0.05, 0.1) is 12.7 Å². The molecule has 1 aromatic rings. The third kappa shape index (κ3) is 4.76. The Labute approximate surface area is 111 Å². The minimum Gasteiger partial charge on any atom is -0.493 e. The van der Waals surface area contributed by atoms with Gasteiger partial charge in [0.25, 0.3) is 0 Å². The van der Waals surface area contributed by atoms with Gasteiger partial charge in [-0.05, 0) is 31.9 Å². The summed E-state index contributed by atoms with van der Waals surface area (Å²) < 4.78 is 6.69. The lowest BCUT2D eigenvalue weighted by Crippen LogP contribution is -2.08. The molecule has 1 unspecified atom stereocenters. The Morgan fingerprint density at radius 1 is 1.47 bits per heavy atom. The molecular weight excluding hydrogens is 280 g/mol. The van der Waals surface area contributed by atoms with Gasteiger partial charge in [-0.3, -0.25) is 0 Å². The minimum absolute atomic E-state index is 0.0443. The molecule has 2 N–H and O–H groups in total. The minimum atomic E-state index is -0.0443. The molecule has 0 radical (unpaired) electrons. The lowest BCUT2D eigenvalue weighted by Gasteiger charge is -2.14. The van der Waals surface area contributed by atoms with Crippen molar-refractivity contribution in [3.05, 3.63) is 28.2 Å². The molecule has 0 aliphatic heterocycles. The Morgan fingerprint density at radius 3 is 2.88 bits per heavy atom. The molecule has 1 rings (SSSR count). The van der Waals surface area contributed by atoms with Crippen molar-refractivity contribution in [3.63, 3.8) is 0 Å². The van der Waals surface area contributed by atoms with Gasteiger partial charge in [-0.25, -0.2) is 0 Å². The van der Waals surface area contributed by atoms with Gasteiger partial charge in [-0.1, -0.05) is 22.0 Å². The second-order valence-corrected chi connectivity index (χ2v) is 4.85. The first kappa shape index (κ1) is 14.0. The fourth-order valence-corrected chi connectivity index (χ4v) is 1.84. The highest BCUT2D eigenvalue weighted by Crippen LogP contribution is 2.27. The molecule has 1 aromatic carbocycles. The number of hydrogen-bond donors (Lipinski definition) is 1. The SMILES string of the molecule is CC(N)c1ccc(Br)cc1OCCCCC#N. The van der Waals surface area contributed by atoms with E-state index in [4.69, 9.17) is 15.7 Å². The van der Waals surface area contributed by atoms with Crippen molar-refractivity contribution in [3.8, 4) is 11.8 Å². The summed E-state index contributed by atoms with van der Waals surface area (Å²) in [6, 6.07) is 7.94. The zero-order valence-corrected chi connectivity index (χ0v) is 11.5. The highest BCUT2D eigenvalue weighted by atomic mass is 79.9. The molecular formula is C13H17BrN2O. The van der Waals surface area contributed by atoms with Crippen LogP contribution in [-0.2, 0) is 0 Å². The first-order valence-electron chi connectivity index (χ1n) is 5.70. The number of halogens is 1. The molecule has 0 bridgehead atoms. The molecule has 0 fully saturated rings. The van der Waals surface area contributed by atoms with Gasteiger partial charge in [0.1, 0.15) is 5.75 Å². The lowest BCUT2D eigenvalue weighted by atomic mass is 10.1. The van der Waals surface area contributed by atoms with E-state index in [0.29, 0.717) is 13.0 Å². The highest BCUT2D eigenvalue weighted by Gasteiger charge is 2.08. The van der Waals surface area contributed by atoms with Crippen LogP contribution in [0.4, 0.5) is 0 Å². The average molecular weight is 297 g/mol. The topological polar surface area (TPSA) is 59.0 Å². The van der Waals surface area contributed by atoms with Crippen molar-refractivity contribution in [1.29, 1.82) is 5.26 Å². The molecule has 0 aromatic heterocycles. The van der Waals surface area contributed by atoms with Crippen molar-refractivity contribution in [2.75, 3.05) is 6.61 Å². The van der Waals surface area contributed by atoms with Crippen LogP contribution in [0, 0.1) is 11.3 Å². The average Bonchev–Trinajstić information content (AvgIpc) is 2.28. The van der Waals surface area contributed by atoms with Crippen LogP contribution in [-0.4, -0.2) is 6.61 Å². The van der Waals surface area contributed by atoms with Crippen molar-refractivity contribution >= 4 is 15.9 Å². The number of nitriles is 1. The number of nitrogens with two attached hydrogens (primary N) is 1. The standard InChI is InChI=1S/C13H17BrN2O/c1-10(16)12-6-5-11(14)9-13(12)17-8-4-2-3-7-15/h5-6,9-10H,2-4,8,16H2,1H3. The van der Waals surface area contributed by atoms with Crippen molar-refractivity contribution < 1.29 is 4.74 Å². The quantitative estimate of drug-likeness (QED) is 0.817. The molecule has 0 aliphatic rings. The number of rotatable bonds is 6. The van der Waals surface area contributed by atoms with E-state index in [9.17, 15) is 0 Å². The summed E-state index contributed by atoms with van der Waals surface area (Å²) in [5.41, 5.74) is 6.89. The molecule has 0 heterocycles. The fourth-order valence-electron chi connectivity index (χ4n) is 1.50. The molecule has 0 amide bonds. The first-order valence-corrected chi connectivity index (χ1v) is 6.49. The number of benzene rings is 1. The highest BCUT2D eigenvalue weighted by molar-refractivity contribution is 9.10. The van der Waals surface area contributed by atoms with E-state index in [1.807, 2.05) is 25.1 Å². The summed E-state index contributed by atoms with van der Waals surface area (Å²) in [5.74, 6) is 0.825. The summed E-state index contributed by atoms with van der Waals surface area (Å²) in [6.07, 6.45) is 2.35. The van der Waals surface area contributed by atoms with Crippen LogP contribution in [0.2, 0.25) is 0 Å². The van der Waals surface area contributed by atoms with Crippen molar-refractivity contribution in [2.24, 2.45) is 5.73 Å². The Hall–Kier alpha value is -1.05. The van der Waals surface area contributed by atoms with Gasteiger partial charge >= 0.3 is 0 Å². The van der Waals surface area contributed by atoms with E-state index in [-0.39, 0.29) is 6.04 Å². The monoisotopic (exact) mass is 296 g/mol. The molecule has 0 aliphatic carbocycles. The normalized spacial score (nSPS) is 11.9. The van der Waals surface area contributed by atoms with Gasteiger partial charge in [-0.2, -0.15) is 5.26 Å². The van der Waals surface area contributed by atoms with E-state index in [1.165, 1.54) is 0 Å². The third-order valence-electron chi connectivity index (χ3n) is 2.41. The number of ether oxygens (including phenoxy) is 1. The molecule has 0 saturated heterocycles. The molecule has 17 heavy (non-hydrogen) atoms. The van der Waals surface area contributed by atoms with Gasteiger partial charge in [0.15, 0.2) is 0 Å². The molecule has 92 valence electrons. The largest absolute Gasteiger partial charge is 0.493 e. The maximum absolute atomic E-state index is 8.42. The zero-order valence-electron chi connectivity index (χ0n) is 9.95. The predicted molar refractivity (Wildman–Crippen MR) is 71.7 cm³/mol. The van der Waals surface area contributed by atoms with Crippen LogP contribution in [0.15, 0.2) is 22.7 Å². The van der Waals surface area contributed by atoms with E-state index >= 15 is 0 Å². The van der Waals surface area contributed by atoms with Crippen LogP contribution in [0.25, 0.3) is 0 Å². The van der Waals surface area contributed by atoms with Crippen LogP contribution in [0.3, 0.4) is 0 Å².